The van der Waals surface area contributed by atoms with Gasteiger partial charge in [-0.25, -0.2) is 0 Å². The first kappa shape index (κ1) is 20.5. The standard InChI is InChI=1S/C19H15ClN4O4S2/c20-13-4-2-12(3-5-13)17(26)22-18-23-24-19(30-18)29-9-16(25)21-8-11-1-6-14-15(7-11)28-10-27-14/h1-7H,8-10H2,(H,21,25)(H,22,23,26). The average Bonchev–Trinajstić information content (AvgIpc) is 3.40. The van der Waals surface area contributed by atoms with Gasteiger partial charge in [-0.1, -0.05) is 40.8 Å². The zero-order chi connectivity index (χ0) is 20.9. The molecular formula is C19H15ClN4O4S2. The number of hydrogen-bond acceptors (Lipinski definition) is 8. The molecule has 0 spiro atoms. The lowest BCUT2D eigenvalue weighted by molar-refractivity contribution is -0.118. The Bertz CT molecular complexity index is 1070. The van der Waals surface area contributed by atoms with Crippen LogP contribution in [0.15, 0.2) is 46.8 Å². The number of fused-ring (bicyclic) bond motifs is 1. The Balaban J connectivity index is 1.23. The first-order valence-corrected chi connectivity index (χ1v) is 10.9. The van der Waals surface area contributed by atoms with Crippen molar-refractivity contribution < 1.29 is 19.1 Å². The molecule has 8 nitrogen and oxygen atoms in total. The van der Waals surface area contributed by atoms with Gasteiger partial charge >= 0.3 is 0 Å². The van der Waals surface area contributed by atoms with E-state index in [1.165, 1.54) is 23.1 Å². The molecule has 2 N–H and O–H groups in total. The van der Waals surface area contributed by atoms with Crippen LogP contribution in [0.2, 0.25) is 5.02 Å². The highest BCUT2D eigenvalue weighted by atomic mass is 35.5. The largest absolute Gasteiger partial charge is 0.454 e. The first-order valence-electron chi connectivity index (χ1n) is 8.75. The Hall–Kier alpha value is -2.82. The first-order chi connectivity index (χ1) is 14.6. The summed E-state index contributed by atoms with van der Waals surface area (Å²) in [6.07, 6.45) is 0. The smallest absolute Gasteiger partial charge is 0.257 e. The molecule has 30 heavy (non-hydrogen) atoms. The lowest BCUT2D eigenvalue weighted by Gasteiger charge is -2.05. The van der Waals surface area contributed by atoms with Gasteiger partial charge in [0.05, 0.1) is 5.75 Å². The topological polar surface area (TPSA) is 102 Å². The van der Waals surface area contributed by atoms with Gasteiger partial charge in [-0.2, -0.15) is 0 Å². The maximum absolute atomic E-state index is 12.2. The highest BCUT2D eigenvalue weighted by Crippen LogP contribution is 2.32. The fraction of sp³-hybridized carbons (Fsp3) is 0.158. The van der Waals surface area contributed by atoms with Crippen LogP contribution in [0.4, 0.5) is 5.13 Å². The predicted octanol–water partition coefficient (Wildman–Crippen LogP) is 3.58. The van der Waals surface area contributed by atoms with Gasteiger partial charge in [0.25, 0.3) is 5.91 Å². The number of amides is 2. The molecule has 0 fully saturated rings. The quantitative estimate of drug-likeness (QED) is 0.408. The molecule has 1 aliphatic rings. The lowest BCUT2D eigenvalue weighted by atomic mass is 10.2. The van der Waals surface area contributed by atoms with Crippen LogP contribution in [0.1, 0.15) is 15.9 Å². The number of ether oxygens (including phenoxy) is 2. The summed E-state index contributed by atoms with van der Waals surface area (Å²) >= 11 is 8.27. The molecule has 4 rings (SSSR count). The molecule has 3 aromatic rings. The van der Waals surface area contributed by atoms with Crippen molar-refractivity contribution in [2.75, 3.05) is 17.9 Å². The summed E-state index contributed by atoms with van der Waals surface area (Å²) in [4.78, 5) is 24.3. The van der Waals surface area contributed by atoms with Crippen LogP contribution in [0.5, 0.6) is 11.5 Å². The molecule has 2 amide bonds. The van der Waals surface area contributed by atoms with Crippen molar-refractivity contribution in [3.8, 4) is 11.5 Å². The molecule has 1 aromatic heterocycles. The van der Waals surface area contributed by atoms with Crippen LogP contribution < -0.4 is 20.1 Å². The zero-order valence-electron chi connectivity index (χ0n) is 15.4. The molecule has 0 unspecified atom stereocenters. The van der Waals surface area contributed by atoms with E-state index in [0.717, 1.165) is 5.56 Å². The van der Waals surface area contributed by atoms with Crippen LogP contribution >= 0.6 is 34.7 Å². The third-order valence-electron chi connectivity index (χ3n) is 3.99. The van der Waals surface area contributed by atoms with Crippen LogP contribution in [0.25, 0.3) is 0 Å². The summed E-state index contributed by atoms with van der Waals surface area (Å²) in [5.74, 6) is 1.12. The molecule has 2 heterocycles. The number of nitrogens with zero attached hydrogens (tertiary/aromatic N) is 2. The maximum atomic E-state index is 12.2. The molecule has 0 saturated heterocycles. The van der Waals surface area contributed by atoms with E-state index in [4.69, 9.17) is 21.1 Å². The monoisotopic (exact) mass is 462 g/mol. The lowest BCUT2D eigenvalue weighted by Crippen LogP contribution is -2.24. The van der Waals surface area contributed by atoms with Gasteiger partial charge in [0, 0.05) is 17.1 Å². The molecular weight excluding hydrogens is 448 g/mol. The fourth-order valence-electron chi connectivity index (χ4n) is 2.52. The second-order valence-corrected chi connectivity index (χ2v) is 8.72. The van der Waals surface area contributed by atoms with E-state index in [0.29, 0.717) is 38.1 Å². The Kier molecular flexibility index (Phi) is 6.36. The number of nitrogens with one attached hydrogen (secondary N) is 2. The second kappa shape index (κ2) is 9.33. The summed E-state index contributed by atoms with van der Waals surface area (Å²) in [7, 11) is 0. The van der Waals surface area contributed by atoms with Gasteiger partial charge in [-0.05, 0) is 42.0 Å². The molecule has 1 aliphatic heterocycles. The Morgan fingerprint density at radius 1 is 1.10 bits per heavy atom. The second-order valence-electron chi connectivity index (χ2n) is 6.09. The third-order valence-corrected chi connectivity index (χ3v) is 6.21. The number of thioether (sulfide) groups is 1. The highest BCUT2D eigenvalue weighted by molar-refractivity contribution is 8.01. The van der Waals surface area contributed by atoms with Gasteiger partial charge in [0.2, 0.25) is 17.8 Å². The van der Waals surface area contributed by atoms with E-state index < -0.39 is 0 Å². The van der Waals surface area contributed by atoms with Crippen molar-refractivity contribution in [2.24, 2.45) is 0 Å². The molecule has 154 valence electrons. The number of anilines is 1. The molecule has 0 radical (unpaired) electrons. The van der Waals surface area contributed by atoms with Crippen LogP contribution in [0, 0.1) is 0 Å². The molecule has 0 saturated carbocycles. The maximum Gasteiger partial charge on any atom is 0.257 e. The molecule has 0 aliphatic carbocycles. The minimum absolute atomic E-state index is 0.139. The van der Waals surface area contributed by atoms with Gasteiger partial charge in [-0.15, -0.1) is 10.2 Å². The third kappa shape index (κ3) is 5.21. The summed E-state index contributed by atoms with van der Waals surface area (Å²) in [6.45, 7) is 0.598. The number of halogens is 1. The number of aromatic nitrogens is 2. The number of carbonyl (C=O) groups is 2. The van der Waals surface area contributed by atoms with Crippen molar-refractivity contribution in [3.63, 3.8) is 0 Å². The molecule has 2 aromatic carbocycles. The minimum Gasteiger partial charge on any atom is -0.454 e. The number of benzene rings is 2. The van der Waals surface area contributed by atoms with Crippen molar-refractivity contribution in [3.05, 3.63) is 58.6 Å². The average molecular weight is 463 g/mol. The van der Waals surface area contributed by atoms with Gasteiger partial charge < -0.3 is 14.8 Å². The Morgan fingerprint density at radius 3 is 2.73 bits per heavy atom. The van der Waals surface area contributed by atoms with E-state index >= 15 is 0 Å². The van der Waals surface area contributed by atoms with Crippen LogP contribution in [0.3, 0.4) is 0 Å². The van der Waals surface area contributed by atoms with Gasteiger partial charge in [0.1, 0.15) is 0 Å². The van der Waals surface area contributed by atoms with Crippen LogP contribution in [-0.2, 0) is 11.3 Å². The molecule has 11 heteroatoms. The van der Waals surface area contributed by atoms with E-state index in [1.807, 2.05) is 18.2 Å². The molecule has 0 bridgehead atoms. The predicted molar refractivity (Wildman–Crippen MR) is 114 cm³/mol. The van der Waals surface area contributed by atoms with Crippen LogP contribution in [-0.4, -0.2) is 34.6 Å². The van der Waals surface area contributed by atoms with Crippen molar-refractivity contribution in [1.29, 1.82) is 0 Å². The van der Waals surface area contributed by atoms with E-state index in [9.17, 15) is 9.59 Å². The normalized spacial score (nSPS) is 11.9. The Labute approximate surface area is 184 Å². The SMILES string of the molecule is O=C(CSc1nnc(NC(=O)c2ccc(Cl)cc2)s1)NCc1ccc2c(c1)OCO2. The number of rotatable bonds is 7. The van der Waals surface area contributed by atoms with E-state index in [-0.39, 0.29) is 24.4 Å². The Morgan fingerprint density at radius 2 is 1.90 bits per heavy atom. The number of hydrogen-bond donors (Lipinski definition) is 2. The van der Waals surface area contributed by atoms with E-state index in [2.05, 4.69) is 20.8 Å². The van der Waals surface area contributed by atoms with E-state index in [1.54, 1.807) is 24.3 Å². The summed E-state index contributed by atoms with van der Waals surface area (Å²) in [5, 5.41) is 14.4. The van der Waals surface area contributed by atoms with Gasteiger partial charge in [0.15, 0.2) is 15.8 Å². The zero-order valence-corrected chi connectivity index (χ0v) is 17.8. The highest BCUT2D eigenvalue weighted by Gasteiger charge is 2.14. The van der Waals surface area contributed by atoms with Crippen molar-refractivity contribution >= 4 is 51.6 Å². The summed E-state index contributed by atoms with van der Waals surface area (Å²) < 4.78 is 11.2. The van der Waals surface area contributed by atoms with Crippen molar-refractivity contribution in [1.82, 2.24) is 15.5 Å². The number of carbonyl (C=O) groups excluding carboxylic acids is 2. The molecule has 0 atom stereocenters. The summed E-state index contributed by atoms with van der Waals surface area (Å²) in [6, 6.07) is 12.1. The summed E-state index contributed by atoms with van der Waals surface area (Å²) in [5.41, 5.74) is 1.38. The van der Waals surface area contributed by atoms with Crippen molar-refractivity contribution in [2.45, 2.75) is 10.9 Å². The minimum atomic E-state index is -0.305. The van der Waals surface area contributed by atoms with Gasteiger partial charge in [-0.3, -0.25) is 14.9 Å². The fourth-order valence-corrected chi connectivity index (χ4v) is 4.22.